The van der Waals surface area contributed by atoms with Crippen molar-refractivity contribution < 1.29 is 4.79 Å². The van der Waals surface area contributed by atoms with Gasteiger partial charge in [-0.2, -0.15) is 0 Å². The highest BCUT2D eigenvalue weighted by Gasteiger charge is 2.63. The zero-order valence-electron chi connectivity index (χ0n) is 38.5. The summed E-state index contributed by atoms with van der Waals surface area (Å²) in [4.78, 5) is 16.2. The van der Waals surface area contributed by atoms with Crippen LogP contribution in [0.15, 0.2) is 29.8 Å². The van der Waals surface area contributed by atoms with Crippen molar-refractivity contribution >= 4 is 11.9 Å². The van der Waals surface area contributed by atoms with Crippen molar-refractivity contribution in [3.63, 3.8) is 0 Å². The normalized spacial score (nSPS) is 19.6. The Morgan fingerprint density at radius 1 is 0.518 bits per heavy atom. The van der Waals surface area contributed by atoms with E-state index in [4.69, 9.17) is 0 Å². The zero-order valence-corrected chi connectivity index (χ0v) is 38.5. The molecule has 2 fully saturated rings. The standard InChI is InChI=1S/C54H95NO/c1-6-8-10-12-14-16-18-20-22-24-26-28-30-32-34-36-44-55(45-37-35-33-31-29-27-25-23-21-19-17-15-13-11-9-7-2)47-49-40-38-48(39-41-49)46-50-51-42-43-54(5,52(50)56)53(51,3)4/h38-41,46,51H,6-37,42-45,47H2,1-5H3. The smallest absolute Gasteiger partial charge is 0.165 e. The van der Waals surface area contributed by atoms with E-state index < -0.39 is 0 Å². The Morgan fingerprint density at radius 2 is 0.857 bits per heavy atom. The van der Waals surface area contributed by atoms with Crippen LogP contribution in [-0.2, 0) is 11.3 Å². The number of Topliss-reactive ketones (excluding diaryl/α,β-unsaturated/α-hetero) is 1. The summed E-state index contributed by atoms with van der Waals surface area (Å²) in [5, 5.41) is 0. The van der Waals surface area contributed by atoms with E-state index >= 15 is 0 Å². The summed E-state index contributed by atoms with van der Waals surface area (Å²) in [5.41, 5.74) is 3.61. The Hall–Kier alpha value is -1.41. The number of fused-ring (bicyclic) bond motifs is 2. The number of allylic oxidation sites excluding steroid dienone is 1. The highest BCUT2D eigenvalue weighted by Crippen LogP contribution is 2.65. The minimum atomic E-state index is -0.177. The van der Waals surface area contributed by atoms with Crippen LogP contribution in [0.25, 0.3) is 6.08 Å². The van der Waals surface area contributed by atoms with Gasteiger partial charge in [0.1, 0.15) is 0 Å². The van der Waals surface area contributed by atoms with E-state index in [1.54, 1.807) is 0 Å². The van der Waals surface area contributed by atoms with E-state index in [9.17, 15) is 4.79 Å². The van der Waals surface area contributed by atoms with E-state index in [0.29, 0.717) is 11.7 Å². The molecule has 322 valence electrons. The summed E-state index contributed by atoms with van der Waals surface area (Å²) in [6.45, 7) is 15.0. The summed E-state index contributed by atoms with van der Waals surface area (Å²) in [6, 6.07) is 9.23. The van der Waals surface area contributed by atoms with Gasteiger partial charge in [0.15, 0.2) is 5.78 Å². The lowest BCUT2D eigenvalue weighted by atomic mass is 9.70. The molecule has 2 nitrogen and oxygen atoms in total. The van der Waals surface area contributed by atoms with E-state index in [0.717, 1.165) is 25.0 Å². The van der Waals surface area contributed by atoms with Crippen LogP contribution in [0, 0.1) is 16.7 Å². The Labute approximate surface area is 350 Å². The molecule has 0 saturated heterocycles. The molecule has 2 aliphatic carbocycles. The van der Waals surface area contributed by atoms with Crippen LogP contribution in [0.3, 0.4) is 0 Å². The molecule has 0 radical (unpaired) electrons. The lowest BCUT2D eigenvalue weighted by molar-refractivity contribution is -0.125. The molecule has 1 aromatic rings. The van der Waals surface area contributed by atoms with Gasteiger partial charge in [0, 0.05) is 12.0 Å². The van der Waals surface area contributed by atoms with Gasteiger partial charge in [-0.05, 0) is 72.9 Å². The maximum absolute atomic E-state index is 13.4. The first-order valence-electron chi connectivity index (χ1n) is 25.4. The van der Waals surface area contributed by atoms with E-state index in [-0.39, 0.29) is 10.8 Å². The minimum absolute atomic E-state index is 0.0791. The SMILES string of the molecule is CCCCCCCCCCCCCCCCCCN(CCCCCCCCCCCCCCCCCC)Cc1ccc(C=C2C(=O)C3(C)CCC2C3(C)C)cc1. The molecule has 2 aliphatic rings. The van der Waals surface area contributed by atoms with E-state index in [2.05, 4.69) is 69.9 Å². The average molecular weight is 774 g/mol. The van der Waals surface area contributed by atoms with Gasteiger partial charge >= 0.3 is 0 Å². The van der Waals surface area contributed by atoms with Crippen LogP contribution in [0.2, 0.25) is 0 Å². The Morgan fingerprint density at radius 3 is 1.18 bits per heavy atom. The predicted molar refractivity (Wildman–Crippen MR) is 248 cm³/mol. The number of nitrogens with zero attached hydrogens (tertiary/aromatic N) is 1. The van der Waals surface area contributed by atoms with Crippen LogP contribution in [0.4, 0.5) is 0 Å². The molecule has 0 aromatic heterocycles. The second kappa shape index (κ2) is 29.7. The fourth-order valence-electron chi connectivity index (χ4n) is 10.3. The first-order chi connectivity index (χ1) is 27.3. The van der Waals surface area contributed by atoms with Gasteiger partial charge in [-0.1, -0.05) is 252 Å². The third-order valence-corrected chi connectivity index (χ3v) is 14.7. The number of carbonyl (C=O) groups excluding carboxylic acids is 1. The molecule has 56 heavy (non-hydrogen) atoms. The second-order valence-electron chi connectivity index (χ2n) is 19.7. The Bertz CT molecular complexity index is 1110. The zero-order chi connectivity index (χ0) is 40.2. The molecule has 0 aliphatic heterocycles. The van der Waals surface area contributed by atoms with Crippen molar-refractivity contribution in [2.45, 2.75) is 259 Å². The van der Waals surface area contributed by atoms with Gasteiger partial charge in [-0.3, -0.25) is 9.69 Å². The van der Waals surface area contributed by atoms with Crippen molar-refractivity contribution in [1.82, 2.24) is 4.90 Å². The van der Waals surface area contributed by atoms with Gasteiger partial charge in [0.05, 0.1) is 0 Å². The first kappa shape index (κ1) is 49.0. The summed E-state index contributed by atoms with van der Waals surface area (Å²) in [6.07, 6.45) is 50.2. The molecular formula is C54H95NO. The van der Waals surface area contributed by atoms with Gasteiger partial charge < -0.3 is 0 Å². The third-order valence-electron chi connectivity index (χ3n) is 14.7. The molecule has 0 amide bonds. The van der Waals surface area contributed by atoms with Gasteiger partial charge in [-0.15, -0.1) is 0 Å². The summed E-state index contributed by atoms with van der Waals surface area (Å²) >= 11 is 0. The topological polar surface area (TPSA) is 20.3 Å². The van der Waals surface area contributed by atoms with Crippen LogP contribution >= 0.6 is 0 Å². The van der Waals surface area contributed by atoms with Crippen LogP contribution in [-0.4, -0.2) is 23.8 Å². The molecular weight excluding hydrogens is 679 g/mol. The average Bonchev–Trinajstić information content (AvgIpc) is 3.51. The highest BCUT2D eigenvalue weighted by atomic mass is 16.1. The number of ketones is 1. The molecule has 2 heteroatoms. The monoisotopic (exact) mass is 774 g/mol. The van der Waals surface area contributed by atoms with Crippen molar-refractivity contribution in [2.75, 3.05) is 13.1 Å². The van der Waals surface area contributed by atoms with Gasteiger partial charge in [0.2, 0.25) is 0 Å². The predicted octanol–water partition coefficient (Wildman–Crippen LogP) is 17.4. The molecule has 1 aromatic carbocycles. The second-order valence-corrected chi connectivity index (χ2v) is 19.7. The quantitative estimate of drug-likeness (QED) is 0.0496. The lowest BCUT2D eigenvalue weighted by Crippen LogP contribution is -2.32. The van der Waals surface area contributed by atoms with E-state index in [1.165, 1.54) is 230 Å². The maximum atomic E-state index is 13.4. The number of rotatable bonds is 37. The summed E-state index contributed by atoms with van der Waals surface area (Å²) in [5.74, 6) is 0.821. The molecule has 0 N–H and O–H groups in total. The molecule has 0 spiro atoms. The summed E-state index contributed by atoms with van der Waals surface area (Å²) in [7, 11) is 0. The number of unbranched alkanes of at least 4 members (excludes halogenated alkanes) is 30. The molecule has 3 rings (SSSR count). The molecule has 0 heterocycles. The minimum Gasteiger partial charge on any atom is -0.299 e. The Balaban J connectivity index is 1.32. The van der Waals surface area contributed by atoms with Crippen molar-refractivity contribution in [3.8, 4) is 0 Å². The number of hydrogen-bond donors (Lipinski definition) is 0. The highest BCUT2D eigenvalue weighted by molar-refractivity contribution is 6.07. The van der Waals surface area contributed by atoms with Crippen LogP contribution < -0.4 is 0 Å². The number of benzene rings is 1. The fourth-order valence-corrected chi connectivity index (χ4v) is 10.3. The van der Waals surface area contributed by atoms with E-state index in [1.807, 2.05) is 0 Å². The lowest BCUT2D eigenvalue weighted by Gasteiger charge is -2.31. The van der Waals surface area contributed by atoms with Crippen molar-refractivity contribution in [1.29, 1.82) is 0 Å². The first-order valence-corrected chi connectivity index (χ1v) is 25.4. The van der Waals surface area contributed by atoms with Crippen LogP contribution in [0.1, 0.15) is 264 Å². The Kier molecular flexibility index (Phi) is 26.0. The van der Waals surface area contributed by atoms with Crippen molar-refractivity contribution in [2.24, 2.45) is 16.7 Å². The molecule has 2 atom stereocenters. The largest absolute Gasteiger partial charge is 0.299 e. The van der Waals surface area contributed by atoms with Crippen LogP contribution in [0.5, 0.6) is 0 Å². The van der Waals surface area contributed by atoms with Gasteiger partial charge in [-0.25, -0.2) is 0 Å². The molecule has 2 bridgehead atoms. The third kappa shape index (κ3) is 18.2. The maximum Gasteiger partial charge on any atom is 0.165 e. The molecule has 2 saturated carbocycles. The summed E-state index contributed by atoms with van der Waals surface area (Å²) < 4.78 is 0. The van der Waals surface area contributed by atoms with Crippen molar-refractivity contribution in [3.05, 3.63) is 41.0 Å². The van der Waals surface area contributed by atoms with Gasteiger partial charge in [0.25, 0.3) is 0 Å². The number of carbonyl (C=O) groups is 1. The molecule has 2 unspecified atom stereocenters. The number of hydrogen-bond acceptors (Lipinski definition) is 2. The fraction of sp³-hybridized carbons (Fsp3) is 0.833.